The Labute approximate surface area is 136 Å². The number of aromatic amines is 1. The number of hydrogen-bond acceptors (Lipinski definition) is 4. The standard InChI is InChI=1S/C18H10FN3O2/c19-12-2-1-11(9-21)15(7-12)17-10-22-18(23)16-8-13(24-6-5-20)3-4-14(16)17/h1-4,7-8,10H,6H2,(H,22,23). The Kier molecular flexibility index (Phi) is 3.96. The van der Waals surface area contributed by atoms with Gasteiger partial charge in [-0.05, 0) is 41.8 Å². The van der Waals surface area contributed by atoms with Crippen LogP contribution in [-0.2, 0) is 0 Å². The summed E-state index contributed by atoms with van der Waals surface area (Å²) >= 11 is 0. The maximum atomic E-state index is 13.6. The first-order chi connectivity index (χ1) is 11.6. The third-order valence-electron chi connectivity index (χ3n) is 3.57. The third-order valence-corrected chi connectivity index (χ3v) is 3.57. The van der Waals surface area contributed by atoms with E-state index < -0.39 is 5.82 Å². The fourth-order valence-electron chi connectivity index (χ4n) is 2.50. The van der Waals surface area contributed by atoms with Crippen LogP contribution in [0.3, 0.4) is 0 Å². The molecule has 0 fully saturated rings. The minimum Gasteiger partial charge on any atom is -0.479 e. The quantitative estimate of drug-likeness (QED) is 0.803. The molecular weight excluding hydrogens is 309 g/mol. The fourth-order valence-corrected chi connectivity index (χ4v) is 2.50. The van der Waals surface area contributed by atoms with Gasteiger partial charge in [-0.3, -0.25) is 4.79 Å². The van der Waals surface area contributed by atoms with E-state index in [-0.39, 0.29) is 12.2 Å². The van der Waals surface area contributed by atoms with Crippen LogP contribution in [0.15, 0.2) is 47.4 Å². The van der Waals surface area contributed by atoms with Crippen molar-refractivity contribution in [3.05, 3.63) is 64.3 Å². The van der Waals surface area contributed by atoms with Crippen LogP contribution in [0.2, 0.25) is 0 Å². The summed E-state index contributed by atoms with van der Waals surface area (Å²) < 4.78 is 18.8. The molecule has 5 nitrogen and oxygen atoms in total. The molecule has 0 aliphatic carbocycles. The van der Waals surface area contributed by atoms with Crippen LogP contribution in [0.4, 0.5) is 4.39 Å². The summed E-state index contributed by atoms with van der Waals surface area (Å²) in [4.78, 5) is 14.7. The predicted molar refractivity (Wildman–Crippen MR) is 85.8 cm³/mol. The number of benzene rings is 2. The van der Waals surface area contributed by atoms with Gasteiger partial charge in [-0.15, -0.1) is 0 Å². The zero-order chi connectivity index (χ0) is 17.1. The molecule has 0 saturated carbocycles. The van der Waals surface area contributed by atoms with Gasteiger partial charge in [-0.25, -0.2) is 4.39 Å². The highest BCUT2D eigenvalue weighted by Gasteiger charge is 2.12. The number of hydrogen-bond donors (Lipinski definition) is 1. The van der Waals surface area contributed by atoms with E-state index in [4.69, 9.17) is 10.00 Å². The van der Waals surface area contributed by atoms with Crippen molar-refractivity contribution >= 4 is 10.8 Å². The molecule has 0 radical (unpaired) electrons. The van der Waals surface area contributed by atoms with Gasteiger partial charge in [0.1, 0.15) is 17.6 Å². The Morgan fingerprint density at radius 1 is 1.08 bits per heavy atom. The van der Waals surface area contributed by atoms with Crippen molar-refractivity contribution in [2.24, 2.45) is 0 Å². The SMILES string of the molecule is N#CCOc1ccc2c(-c3cc(F)ccc3C#N)c[nH]c(=O)c2c1. The summed E-state index contributed by atoms with van der Waals surface area (Å²) in [6, 6.07) is 12.5. The second-order valence-electron chi connectivity index (χ2n) is 4.99. The van der Waals surface area contributed by atoms with E-state index in [0.717, 1.165) is 0 Å². The molecule has 0 atom stereocenters. The summed E-state index contributed by atoms with van der Waals surface area (Å²) in [5, 5.41) is 18.7. The molecule has 116 valence electrons. The highest BCUT2D eigenvalue weighted by Crippen LogP contribution is 2.31. The second-order valence-corrected chi connectivity index (χ2v) is 4.99. The van der Waals surface area contributed by atoms with Crippen molar-refractivity contribution in [3.63, 3.8) is 0 Å². The van der Waals surface area contributed by atoms with Crippen molar-refractivity contribution in [2.75, 3.05) is 6.61 Å². The topological polar surface area (TPSA) is 89.7 Å². The molecule has 0 bridgehead atoms. The molecule has 24 heavy (non-hydrogen) atoms. The van der Waals surface area contributed by atoms with Crippen LogP contribution in [0.25, 0.3) is 21.9 Å². The van der Waals surface area contributed by atoms with Crippen LogP contribution in [0.1, 0.15) is 5.56 Å². The third kappa shape index (κ3) is 2.69. The van der Waals surface area contributed by atoms with E-state index in [2.05, 4.69) is 4.98 Å². The zero-order valence-corrected chi connectivity index (χ0v) is 12.3. The number of pyridine rings is 1. The number of rotatable bonds is 3. The summed E-state index contributed by atoms with van der Waals surface area (Å²) in [6.45, 7) is -0.133. The average Bonchev–Trinajstić information content (AvgIpc) is 2.60. The number of aromatic nitrogens is 1. The maximum Gasteiger partial charge on any atom is 0.255 e. The van der Waals surface area contributed by atoms with Gasteiger partial charge in [-0.1, -0.05) is 0 Å². The van der Waals surface area contributed by atoms with Crippen molar-refractivity contribution in [2.45, 2.75) is 0 Å². The first kappa shape index (κ1) is 15.3. The predicted octanol–water partition coefficient (Wildman–Crippen LogP) is 3.11. The number of ether oxygens (including phenoxy) is 1. The Morgan fingerprint density at radius 2 is 1.92 bits per heavy atom. The monoisotopic (exact) mass is 319 g/mol. The molecule has 2 aromatic carbocycles. The van der Waals surface area contributed by atoms with Crippen LogP contribution < -0.4 is 10.3 Å². The van der Waals surface area contributed by atoms with E-state index >= 15 is 0 Å². The molecule has 0 spiro atoms. The van der Waals surface area contributed by atoms with E-state index in [9.17, 15) is 14.4 Å². The minimum atomic E-state index is -0.475. The summed E-state index contributed by atoms with van der Waals surface area (Å²) in [6.07, 6.45) is 1.45. The molecule has 0 aliphatic rings. The molecule has 1 N–H and O–H groups in total. The van der Waals surface area contributed by atoms with Crippen molar-refractivity contribution in [1.82, 2.24) is 4.98 Å². The van der Waals surface area contributed by atoms with Crippen molar-refractivity contribution in [3.8, 4) is 29.0 Å². The van der Waals surface area contributed by atoms with E-state index in [0.29, 0.717) is 33.2 Å². The molecule has 3 aromatic rings. The number of nitriles is 2. The lowest BCUT2D eigenvalue weighted by Gasteiger charge is -2.10. The van der Waals surface area contributed by atoms with Gasteiger partial charge in [0.2, 0.25) is 0 Å². The Bertz CT molecular complexity index is 1070. The van der Waals surface area contributed by atoms with Gasteiger partial charge in [0.15, 0.2) is 6.61 Å². The van der Waals surface area contributed by atoms with Crippen LogP contribution in [0, 0.1) is 28.5 Å². The Hall–Kier alpha value is -3.64. The highest BCUT2D eigenvalue weighted by atomic mass is 19.1. The first-order valence-corrected chi connectivity index (χ1v) is 6.99. The van der Waals surface area contributed by atoms with E-state index in [1.54, 1.807) is 12.1 Å². The maximum absolute atomic E-state index is 13.6. The smallest absolute Gasteiger partial charge is 0.255 e. The lowest BCUT2D eigenvalue weighted by molar-refractivity contribution is 0.368. The fraction of sp³-hybridized carbons (Fsp3) is 0.0556. The average molecular weight is 319 g/mol. The Balaban J connectivity index is 2.26. The van der Waals surface area contributed by atoms with Crippen molar-refractivity contribution in [1.29, 1.82) is 10.5 Å². The van der Waals surface area contributed by atoms with Gasteiger partial charge in [-0.2, -0.15) is 10.5 Å². The minimum absolute atomic E-state index is 0.133. The largest absolute Gasteiger partial charge is 0.479 e. The normalized spacial score (nSPS) is 10.1. The molecule has 0 saturated heterocycles. The number of halogens is 1. The molecule has 1 aromatic heterocycles. The molecule has 0 amide bonds. The highest BCUT2D eigenvalue weighted by molar-refractivity contribution is 5.97. The van der Waals surface area contributed by atoms with E-state index in [1.807, 2.05) is 12.1 Å². The Morgan fingerprint density at radius 3 is 2.67 bits per heavy atom. The summed E-state index contributed by atoms with van der Waals surface area (Å²) in [5.41, 5.74) is 0.887. The molecular formula is C18H10FN3O2. The number of nitrogens with zero attached hydrogens (tertiary/aromatic N) is 2. The molecule has 0 unspecified atom stereocenters. The molecule has 0 aliphatic heterocycles. The first-order valence-electron chi connectivity index (χ1n) is 6.99. The van der Waals surface area contributed by atoms with Crippen LogP contribution in [-0.4, -0.2) is 11.6 Å². The molecule has 3 rings (SSSR count). The summed E-state index contributed by atoms with van der Waals surface area (Å²) in [5.74, 6) is -0.0937. The molecule has 1 heterocycles. The van der Waals surface area contributed by atoms with Gasteiger partial charge >= 0.3 is 0 Å². The number of fused-ring (bicyclic) bond motifs is 1. The number of nitrogens with one attached hydrogen (secondary N) is 1. The molecule has 6 heteroatoms. The van der Waals surface area contributed by atoms with Crippen LogP contribution >= 0.6 is 0 Å². The lowest BCUT2D eigenvalue weighted by atomic mass is 9.97. The summed E-state index contributed by atoms with van der Waals surface area (Å²) in [7, 11) is 0. The lowest BCUT2D eigenvalue weighted by Crippen LogP contribution is -2.07. The van der Waals surface area contributed by atoms with Gasteiger partial charge in [0, 0.05) is 17.3 Å². The second kappa shape index (κ2) is 6.23. The van der Waals surface area contributed by atoms with Crippen LogP contribution in [0.5, 0.6) is 5.75 Å². The zero-order valence-electron chi connectivity index (χ0n) is 12.3. The van der Waals surface area contributed by atoms with Crippen molar-refractivity contribution < 1.29 is 9.13 Å². The van der Waals surface area contributed by atoms with Gasteiger partial charge in [0.05, 0.1) is 17.0 Å². The van der Waals surface area contributed by atoms with E-state index in [1.165, 1.54) is 30.5 Å². The van der Waals surface area contributed by atoms with Gasteiger partial charge < -0.3 is 9.72 Å². The van der Waals surface area contributed by atoms with Gasteiger partial charge in [0.25, 0.3) is 5.56 Å². The number of H-pyrrole nitrogens is 1.